The van der Waals surface area contributed by atoms with Gasteiger partial charge in [-0.15, -0.1) is 24.0 Å². The molecule has 2 aromatic carbocycles. The lowest BCUT2D eigenvalue weighted by Crippen LogP contribution is -2.36. The van der Waals surface area contributed by atoms with E-state index in [0.29, 0.717) is 19.0 Å². The fraction of sp³-hybridized carbons (Fsp3) is 0.350. The Morgan fingerprint density at radius 2 is 1.67 bits per heavy atom. The minimum atomic E-state index is -3.28. The van der Waals surface area contributed by atoms with Gasteiger partial charge in [0.05, 0.1) is 5.75 Å². The van der Waals surface area contributed by atoms with E-state index in [0.717, 1.165) is 28.0 Å². The standard InChI is InChI=1S/C20H27FN4O2S2.HI/c1-22-20(25-12-17-8-9-19(21)10-18(17)13-28-3)24-11-15-4-6-16(7-5-15)14-29(26,27)23-2;/h4-10,23H,11-14H2,1-3H3,(H2,22,24,25);1H. The van der Waals surface area contributed by atoms with Gasteiger partial charge in [0.1, 0.15) is 5.82 Å². The number of rotatable bonds is 9. The zero-order valence-corrected chi connectivity index (χ0v) is 21.2. The van der Waals surface area contributed by atoms with Crippen molar-refractivity contribution in [3.05, 3.63) is 70.5 Å². The molecule has 166 valence electrons. The number of hydrogen-bond donors (Lipinski definition) is 3. The third kappa shape index (κ3) is 8.78. The number of nitrogens with zero attached hydrogens (tertiary/aromatic N) is 1. The predicted octanol–water partition coefficient (Wildman–Crippen LogP) is 3.22. The van der Waals surface area contributed by atoms with Gasteiger partial charge in [0, 0.05) is 25.9 Å². The number of aliphatic imine (C=N–C) groups is 1. The molecule has 0 aliphatic rings. The SMILES string of the molecule is CN=C(NCc1ccc(CS(=O)(=O)NC)cc1)NCc1ccc(F)cc1CSC.I. The molecule has 2 aromatic rings. The van der Waals surface area contributed by atoms with Crippen LogP contribution in [-0.2, 0) is 34.6 Å². The van der Waals surface area contributed by atoms with Crippen LogP contribution in [0.25, 0.3) is 0 Å². The minimum absolute atomic E-state index is 0. The first kappa shape index (κ1) is 26.7. The summed E-state index contributed by atoms with van der Waals surface area (Å²) in [6, 6.07) is 12.2. The van der Waals surface area contributed by atoms with Crippen LogP contribution in [0.4, 0.5) is 4.39 Å². The molecule has 0 atom stereocenters. The van der Waals surface area contributed by atoms with Gasteiger partial charge in [0.15, 0.2) is 5.96 Å². The molecule has 0 heterocycles. The maximum Gasteiger partial charge on any atom is 0.215 e. The molecule has 0 spiro atoms. The van der Waals surface area contributed by atoms with E-state index in [2.05, 4.69) is 20.3 Å². The van der Waals surface area contributed by atoms with E-state index in [9.17, 15) is 12.8 Å². The quantitative estimate of drug-likeness (QED) is 0.247. The van der Waals surface area contributed by atoms with Gasteiger partial charge in [-0.1, -0.05) is 30.3 Å². The Hall–Kier alpha value is -1.37. The second-order valence-electron chi connectivity index (χ2n) is 6.41. The topological polar surface area (TPSA) is 82.6 Å². The van der Waals surface area contributed by atoms with Gasteiger partial charge < -0.3 is 10.6 Å². The highest BCUT2D eigenvalue weighted by molar-refractivity contribution is 14.0. The van der Waals surface area contributed by atoms with Gasteiger partial charge in [-0.2, -0.15) is 11.8 Å². The van der Waals surface area contributed by atoms with Crippen molar-refractivity contribution >= 4 is 51.7 Å². The van der Waals surface area contributed by atoms with Crippen LogP contribution in [0.1, 0.15) is 22.3 Å². The number of halogens is 2. The molecule has 2 rings (SSSR count). The molecule has 0 aliphatic heterocycles. The van der Waals surface area contributed by atoms with Crippen LogP contribution in [0, 0.1) is 5.82 Å². The number of sulfonamides is 1. The van der Waals surface area contributed by atoms with Gasteiger partial charge in [-0.3, -0.25) is 4.99 Å². The van der Waals surface area contributed by atoms with Gasteiger partial charge in [0.25, 0.3) is 0 Å². The fourth-order valence-corrected chi connectivity index (χ4v) is 4.04. The van der Waals surface area contributed by atoms with Crippen molar-refractivity contribution in [2.45, 2.75) is 24.6 Å². The van der Waals surface area contributed by atoms with Crippen LogP contribution in [0.15, 0.2) is 47.5 Å². The molecule has 0 amide bonds. The molecule has 0 saturated heterocycles. The average Bonchev–Trinajstić information content (AvgIpc) is 2.70. The lowest BCUT2D eigenvalue weighted by molar-refractivity contribution is 0.587. The summed E-state index contributed by atoms with van der Waals surface area (Å²) in [7, 11) is -0.185. The Morgan fingerprint density at radius 3 is 2.27 bits per heavy atom. The zero-order chi connectivity index (χ0) is 21.3. The van der Waals surface area contributed by atoms with Crippen LogP contribution < -0.4 is 15.4 Å². The molecule has 6 nitrogen and oxygen atoms in total. The molecule has 30 heavy (non-hydrogen) atoms. The molecule has 0 radical (unpaired) electrons. The van der Waals surface area contributed by atoms with E-state index in [-0.39, 0.29) is 35.5 Å². The van der Waals surface area contributed by atoms with Crippen LogP contribution in [0.5, 0.6) is 0 Å². The maximum absolute atomic E-state index is 13.5. The van der Waals surface area contributed by atoms with Gasteiger partial charge >= 0.3 is 0 Å². The van der Waals surface area contributed by atoms with Crippen LogP contribution in [0.2, 0.25) is 0 Å². The van der Waals surface area contributed by atoms with E-state index < -0.39 is 10.0 Å². The van der Waals surface area contributed by atoms with Gasteiger partial charge in [-0.05, 0) is 47.7 Å². The molecular weight excluding hydrogens is 538 g/mol. The van der Waals surface area contributed by atoms with Crippen molar-refractivity contribution in [2.24, 2.45) is 4.99 Å². The highest BCUT2D eigenvalue weighted by Gasteiger charge is 2.09. The average molecular weight is 567 g/mol. The van der Waals surface area contributed by atoms with Crippen LogP contribution in [0.3, 0.4) is 0 Å². The summed E-state index contributed by atoms with van der Waals surface area (Å²) in [5.74, 6) is 1.10. The Kier molecular flexibility index (Phi) is 11.7. The largest absolute Gasteiger partial charge is 0.352 e. The monoisotopic (exact) mass is 566 g/mol. The van der Waals surface area contributed by atoms with Crippen LogP contribution in [-0.4, -0.2) is 34.7 Å². The normalized spacial score (nSPS) is 11.7. The smallest absolute Gasteiger partial charge is 0.215 e. The summed E-state index contributed by atoms with van der Waals surface area (Å²) >= 11 is 1.65. The molecule has 10 heteroatoms. The fourth-order valence-electron chi connectivity index (χ4n) is 2.69. The first-order valence-corrected chi connectivity index (χ1v) is 12.1. The number of hydrogen-bond acceptors (Lipinski definition) is 4. The van der Waals surface area contributed by atoms with E-state index in [4.69, 9.17) is 0 Å². The summed E-state index contributed by atoms with van der Waals surface area (Å²) < 4.78 is 39.0. The molecule has 0 aromatic heterocycles. The van der Waals surface area contributed by atoms with Gasteiger partial charge in [-0.25, -0.2) is 17.5 Å². The lowest BCUT2D eigenvalue weighted by Gasteiger charge is -2.14. The van der Waals surface area contributed by atoms with Gasteiger partial charge in [0.2, 0.25) is 10.0 Å². The molecule has 3 N–H and O–H groups in total. The van der Waals surface area contributed by atoms with E-state index in [1.165, 1.54) is 13.1 Å². The number of nitrogens with one attached hydrogen (secondary N) is 3. The second-order valence-corrected chi connectivity index (χ2v) is 9.20. The maximum atomic E-state index is 13.5. The zero-order valence-electron chi connectivity index (χ0n) is 17.2. The van der Waals surface area contributed by atoms with Crippen LogP contribution >= 0.6 is 35.7 Å². The Balaban J connectivity index is 0.00000450. The predicted molar refractivity (Wildman–Crippen MR) is 134 cm³/mol. The number of guanidine groups is 1. The van der Waals surface area contributed by atoms with E-state index >= 15 is 0 Å². The van der Waals surface area contributed by atoms with Crippen molar-refractivity contribution < 1.29 is 12.8 Å². The Morgan fingerprint density at radius 1 is 1.03 bits per heavy atom. The minimum Gasteiger partial charge on any atom is -0.352 e. The first-order valence-electron chi connectivity index (χ1n) is 9.06. The highest BCUT2D eigenvalue weighted by atomic mass is 127. The molecule has 0 aliphatic carbocycles. The first-order chi connectivity index (χ1) is 13.9. The summed E-state index contributed by atoms with van der Waals surface area (Å²) in [6.07, 6.45) is 1.99. The molecule has 0 bridgehead atoms. The number of thioether (sulfide) groups is 1. The van der Waals surface area contributed by atoms with Crippen molar-refractivity contribution in [3.8, 4) is 0 Å². The third-order valence-corrected chi connectivity index (χ3v) is 6.22. The third-order valence-electron chi connectivity index (χ3n) is 4.29. The van der Waals surface area contributed by atoms with E-state index in [1.54, 1.807) is 43.1 Å². The van der Waals surface area contributed by atoms with Crippen molar-refractivity contribution in [1.82, 2.24) is 15.4 Å². The Bertz CT molecular complexity index is 938. The van der Waals surface area contributed by atoms with Crippen molar-refractivity contribution in [2.75, 3.05) is 20.4 Å². The highest BCUT2D eigenvalue weighted by Crippen LogP contribution is 2.16. The summed E-state index contributed by atoms with van der Waals surface area (Å²) in [5, 5.41) is 6.47. The second kappa shape index (κ2) is 13.1. The molecule has 0 saturated carbocycles. The molecule has 0 fully saturated rings. The summed E-state index contributed by atoms with van der Waals surface area (Å²) in [6.45, 7) is 1.08. The lowest BCUT2D eigenvalue weighted by atomic mass is 10.1. The Labute approximate surface area is 199 Å². The summed E-state index contributed by atoms with van der Waals surface area (Å²) in [4.78, 5) is 4.22. The van der Waals surface area contributed by atoms with Crippen molar-refractivity contribution in [1.29, 1.82) is 0 Å². The number of benzene rings is 2. The molecular formula is C20H28FIN4O2S2. The van der Waals surface area contributed by atoms with Crippen molar-refractivity contribution in [3.63, 3.8) is 0 Å². The van der Waals surface area contributed by atoms with E-state index in [1.807, 2.05) is 18.4 Å². The summed E-state index contributed by atoms with van der Waals surface area (Å²) in [5.41, 5.74) is 3.72. The molecule has 0 unspecified atom stereocenters.